The van der Waals surface area contributed by atoms with E-state index in [-0.39, 0.29) is 22.8 Å². The van der Waals surface area contributed by atoms with Gasteiger partial charge in [0.05, 0.1) is 21.0 Å². The quantitative estimate of drug-likeness (QED) is 0.372. The number of halogens is 2. The predicted octanol–water partition coefficient (Wildman–Crippen LogP) is 7.24. The molecule has 2 aliphatic rings. The summed E-state index contributed by atoms with van der Waals surface area (Å²) in [4.78, 5) is 0.258. The van der Waals surface area contributed by atoms with Gasteiger partial charge in [-0.2, -0.15) is 0 Å². The lowest BCUT2D eigenvalue weighted by Crippen LogP contribution is -2.29. The van der Waals surface area contributed by atoms with E-state index in [0.29, 0.717) is 15.7 Å². The van der Waals surface area contributed by atoms with Crippen LogP contribution in [0.5, 0.6) is 0 Å². The van der Waals surface area contributed by atoms with Crippen LogP contribution in [0.25, 0.3) is 0 Å². The summed E-state index contributed by atoms with van der Waals surface area (Å²) < 4.78 is 29.0. The third-order valence-electron chi connectivity index (χ3n) is 6.71. The molecule has 0 saturated carbocycles. The highest BCUT2D eigenvalue weighted by Crippen LogP contribution is 2.50. The van der Waals surface area contributed by atoms with Crippen molar-refractivity contribution in [3.8, 4) is 0 Å². The van der Waals surface area contributed by atoms with Gasteiger partial charge in [-0.25, -0.2) is 8.42 Å². The van der Waals surface area contributed by atoms with Crippen molar-refractivity contribution in [2.75, 3.05) is 10.0 Å². The number of anilines is 2. The number of hydrogen-bond donors (Lipinski definition) is 2. The lowest BCUT2D eigenvalue weighted by molar-refractivity contribution is 0.425. The van der Waals surface area contributed by atoms with Crippen molar-refractivity contribution in [1.29, 1.82) is 0 Å². The van der Waals surface area contributed by atoms with E-state index in [0.717, 1.165) is 34.4 Å². The molecule has 0 unspecified atom stereocenters. The van der Waals surface area contributed by atoms with Gasteiger partial charge in [-0.05, 0) is 90.9 Å². The molecule has 0 aromatic heterocycles. The minimum Gasteiger partial charge on any atom is -0.378 e. The van der Waals surface area contributed by atoms with Gasteiger partial charge in [0.1, 0.15) is 0 Å². The molecule has 5 rings (SSSR count). The average Bonchev–Trinajstić information content (AvgIpc) is 3.27. The Kier molecular flexibility index (Phi) is 5.68. The molecule has 0 bridgehead atoms. The van der Waals surface area contributed by atoms with Crippen molar-refractivity contribution < 1.29 is 8.42 Å². The third-order valence-corrected chi connectivity index (χ3v) is 8.82. The van der Waals surface area contributed by atoms with Crippen molar-refractivity contribution >= 4 is 44.6 Å². The van der Waals surface area contributed by atoms with Gasteiger partial charge in [0.15, 0.2) is 0 Å². The van der Waals surface area contributed by atoms with E-state index in [9.17, 15) is 8.42 Å². The number of fused-ring (bicyclic) bond motifs is 3. The second kappa shape index (κ2) is 8.39. The molecule has 33 heavy (non-hydrogen) atoms. The third kappa shape index (κ3) is 4.14. The maximum atomic E-state index is 13.2. The van der Waals surface area contributed by atoms with Crippen molar-refractivity contribution in [3.05, 3.63) is 99.0 Å². The Labute approximate surface area is 204 Å². The summed E-state index contributed by atoms with van der Waals surface area (Å²) in [6.45, 7) is 3.97. The van der Waals surface area contributed by atoms with E-state index >= 15 is 0 Å². The maximum Gasteiger partial charge on any atom is 0.261 e. The average molecular weight is 499 g/mol. The molecule has 7 heteroatoms. The molecule has 3 aromatic carbocycles. The number of sulfonamides is 1. The van der Waals surface area contributed by atoms with Crippen LogP contribution in [-0.4, -0.2) is 8.42 Å². The molecule has 0 spiro atoms. The predicted molar refractivity (Wildman–Crippen MR) is 136 cm³/mol. The normalized spacial score (nSPS) is 21.3. The van der Waals surface area contributed by atoms with Gasteiger partial charge in [0.2, 0.25) is 0 Å². The zero-order valence-corrected chi connectivity index (χ0v) is 20.6. The number of nitrogens with one attached hydrogen (secondary N) is 2. The van der Waals surface area contributed by atoms with Crippen LogP contribution in [0, 0.1) is 19.8 Å². The van der Waals surface area contributed by atoms with Crippen molar-refractivity contribution in [2.24, 2.45) is 5.92 Å². The second-order valence-electron chi connectivity index (χ2n) is 8.80. The fourth-order valence-corrected chi connectivity index (χ4v) is 6.19. The van der Waals surface area contributed by atoms with Gasteiger partial charge < -0.3 is 5.32 Å². The number of hydrogen-bond acceptors (Lipinski definition) is 3. The lowest BCUT2D eigenvalue weighted by Gasteiger charge is -2.37. The molecule has 0 radical (unpaired) electrons. The Morgan fingerprint density at radius 3 is 2.52 bits per heavy atom. The summed E-state index contributed by atoms with van der Waals surface area (Å²) in [5, 5.41) is 4.68. The molecule has 170 valence electrons. The molecule has 0 fully saturated rings. The number of rotatable bonds is 4. The summed E-state index contributed by atoms with van der Waals surface area (Å²) in [6.07, 6.45) is 5.26. The van der Waals surface area contributed by atoms with Gasteiger partial charge in [0.25, 0.3) is 10.0 Å². The molecule has 3 atom stereocenters. The van der Waals surface area contributed by atoms with Crippen LogP contribution in [0.2, 0.25) is 10.0 Å². The van der Waals surface area contributed by atoms with E-state index in [1.165, 1.54) is 0 Å². The Morgan fingerprint density at radius 2 is 1.76 bits per heavy atom. The summed E-state index contributed by atoms with van der Waals surface area (Å²) >= 11 is 12.4. The number of benzene rings is 3. The van der Waals surface area contributed by atoms with Crippen LogP contribution in [0.3, 0.4) is 0 Å². The molecule has 1 heterocycles. The van der Waals surface area contributed by atoms with E-state index in [2.05, 4.69) is 22.2 Å². The largest absolute Gasteiger partial charge is 0.378 e. The van der Waals surface area contributed by atoms with Crippen LogP contribution >= 0.6 is 23.2 Å². The van der Waals surface area contributed by atoms with Crippen molar-refractivity contribution in [3.63, 3.8) is 0 Å². The van der Waals surface area contributed by atoms with Crippen LogP contribution < -0.4 is 10.0 Å². The zero-order chi connectivity index (χ0) is 23.3. The zero-order valence-electron chi connectivity index (χ0n) is 18.3. The minimum atomic E-state index is -3.72. The van der Waals surface area contributed by atoms with Gasteiger partial charge in [-0.3, -0.25) is 4.72 Å². The van der Waals surface area contributed by atoms with E-state index < -0.39 is 10.0 Å². The standard InChI is InChI=1S/C26H24Cl2N2O2S/c1-15-6-8-18(12-16(15)2)30-33(31,32)19-9-11-25-22(14-19)20-4-3-5-21(20)26(29-25)17-7-10-23(27)24(28)13-17/h3-4,6-14,20-21,26,29-30H,5H2,1-2H3/t20-,21+,26+/m0/s1. The monoisotopic (exact) mass is 498 g/mol. The lowest BCUT2D eigenvalue weighted by atomic mass is 9.77. The summed E-state index contributed by atoms with van der Waals surface area (Å²) in [7, 11) is -3.72. The number of allylic oxidation sites excluding steroid dienone is 2. The molecule has 1 aliphatic carbocycles. The van der Waals surface area contributed by atoms with Gasteiger partial charge in [-0.15, -0.1) is 0 Å². The fraction of sp³-hybridized carbons (Fsp3) is 0.231. The molecular formula is C26H24Cl2N2O2S. The minimum absolute atomic E-state index is 0.0587. The van der Waals surface area contributed by atoms with E-state index in [1.807, 2.05) is 50.2 Å². The molecule has 1 aliphatic heterocycles. The fourth-order valence-electron chi connectivity index (χ4n) is 4.79. The van der Waals surface area contributed by atoms with Crippen LogP contribution in [0.4, 0.5) is 11.4 Å². The Morgan fingerprint density at radius 1 is 0.939 bits per heavy atom. The summed E-state index contributed by atoms with van der Waals surface area (Å²) in [6, 6.07) is 16.7. The van der Waals surface area contributed by atoms with Gasteiger partial charge in [-0.1, -0.05) is 47.5 Å². The Bertz CT molecular complexity index is 1390. The van der Waals surface area contributed by atoms with Gasteiger partial charge >= 0.3 is 0 Å². The summed E-state index contributed by atoms with van der Waals surface area (Å²) in [5.74, 6) is 0.387. The van der Waals surface area contributed by atoms with Crippen molar-refractivity contribution in [2.45, 2.75) is 37.1 Å². The Hall–Kier alpha value is -2.47. The van der Waals surface area contributed by atoms with Gasteiger partial charge in [0, 0.05) is 17.3 Å². The van der Waals surface area contributed by atoms with Crippen LogP contribution in [-0.2, 0) is 10.0 Å². The van der Waals surface area contributed by atoms with E-state index in [4.69, 9.17) is 23.2 Å². The molecule has 2 N–H and O–H groups in total. The molecule has 3 aromatic rings. The first-order valence-electron chi connectivity index (χ1n) is 10.8. The first-order valence-corrected chi connectivity index (χ1v) is 13.1. The molecule has 0 saturated heterocycles. The highest BCUT2D eigenvalue weighted by atomic mass is 35.5. The second-order valence-corrected chi connectivity index (χ2v) is 11.3. The first kappa shape index (κ1) is 22.3. The number of aryl methyl sites for hydroxylation is 2. The molecule has 4 nitrogen and oxygen atoms in total. The highest BCUT2D eigenvalue weighted by molar-refractivity contribution is 7.92. The Balaban J connectivity index is 1.48. The van der Waals surface area contributed by atoms with Crippen LogP contribution in [0.1, 0.15) is 40.6 Å². The maximum absolute atomic E-state index is 13.2. The topological polar surface area (TPSA) is 58.2 Å². The molecular weight excluding hydrogens is 475 g/mol. The first-order chi connectivity index (χ1) is 15.7. The van der Waals surface area contributed by atoms with Crippen LogP contribution in [0.15, 0.2) is 71.6 Å². The highest BCUT2D eigenvalue weighted by Gasteiger charge is 2.38. The SMILES string of the molecule is Cc1ccc(NS(=O)(=O)c2ccc3c(c2)[C@H]2C=CC[C@H]2[C@@H](c2ccc(Cl)c(Cl)c2)N3)cc1C. The smallest absolute Gasteiger partial charge is 0.261 e. The van der Waals surface area contributed by atoms with Crippen molar-refractivity contribution in [1.82, 2.24) is 0 Å². The molecule has 0 amide bonds. The summed E-state index contributed by atoms with van der Waals surface area (Å²) in [5.41, 5.74) is 5.72. The van der Waals surface area contributed by atoms with E-state index in [1.54, 1.807) is 18.2 Å².